The van der Waals surface area contributed by atoms with Gasteiger partial charge in [-0.1, -0.05) is 30.3 Å². The molecule has 138 valence electrons. The van der Waals surface area contributed by atoms with Crippen LogP contribution in [0, 0.1) is 0 Å². The van der Waals surface area contributed by atoms with Gasteiger partial charge in [-0.3, -0.25) is 0 Å². The minimum absolute atomic E-state index is 0.186. The van der Waals surface area contributed by atoms with Gasteiger partial charge >= 0.3 is 11.9 Å². The molecule has 2 aromatic rings. The largest absolute Gasteiger partial charge is 0.464 e. The van der Waals surface area contributed by atoms with E-state index in [9.17, 15) is 14.7 Å². The third-order valence-corrected chi connectivity index (χ3v) is 3.72. The lowest BCUT2D eigenvalue weighted by atomic mass is 10.0. The molecule has 2 aromatic carbocycles. The smallest absolute Gasteiger partial charge is 0.338 e. The van der Waals surface area contributed by atoms with Gasteiger partial charge in [-0.05, 0) is 43.7 Å². The Bertz CT molecular complexity index is 715. The van der Waals surface area contributed by atoms with Gasteiger partial charge in [0.25, 0.3) is 0 Å². The minimum atomic E-state index is -1.37. The number of benzene rings is 2. The summed E-state index contributed by atoms with van der Waals surface area (Å²) in [4.78, 5) is 23.7. The van der Waals surface area contributed by atoms with Crippen LogP contribution in [0.2, 0.25) is 0 Å². The number of hydrogen-bond acceptors (Lipinski definition) is 6. The zero-order chi connectivity index (χ0) is 18.9. The van der Waals surface area contributed by atoms with E-state index in [1.165, 1.54) is 0 Å². The van der Waals surface area contributed by atoms with E-state index in [0.717, 1.165) is 5.56 Å². The zero-order valence-electron chi connectivity index (χ0n) is 14.8. The van der Waals surface area contributed by atoms with Crippen molar-refractivity contribution >= 4 is 17.6 Å². The van der Waals surface area contributed by atoms with Crippen LogP contribution in [0.3, 0.4) is 0 Å². The molecule has 0 aliphatic carbocycles. The van der Waals surface area contributed by atoms with Gasteiger partial charge in [0.05, 0.1) is 24.8 Å². The Kier molecular flexibility index (Phi) is 7.17. The molecule has 26 heavy (non-hydrogen) atoms. The van der Waals surface area contributed by atoms with Crippen LogP contribution in [-0.4, -0.2) is 36.4 Å². The van der Waals surface area contributed by atoms with E-state index < -0.39 is 24.1 Å². The monoisotopic (exact) mass is 357 g/mol. The molecule has 0 unspecified atom stereocenters. The topological polar surface area (TPSA) is 84.9 Å². The Morgan fingerprint density at radius 1 is 0.962 bits per heavy atom. The fraction of sp³-hybridized carbons (Fsp3) is 0.300. The van der Waals surface area contributed by atoms with Gasteiger partial charge in [0.1, 0.15) is 0 Å². The van der Waals surface area contributed by atoms with Gasteiger partial charge in [-0.25, -0.2) is 9.59 Å². The number of carbonyl (C=O) groups is 2. The standard InChI is InChI=1S/C20H23NO5/c1-3-25-19(23)15-10-12-16(13-11-15)21-17(14-8-6-5-7-9-14)18(22)20(24)26-4-2/h5-13,17-18,21-22H,3-4H2,1-2H3/t17-,18+/m1/s1. The predicted octanol–water partition coefficient (Wildman–Crippen LogP) is 2.94. The van der Waals surface area contributed by atoms with Crippen LogP contribution in [-0.2, 0) is 14.3 Å². The number of esters is 2. The molecular weight excluding hydrogens is 334 g/mol. The summed E-state index contributed by atoms with van der Waals surface area (Å²) < 4.78 is 9.89. The number of rotatable bonds is 8. The van der Waals surface area contributed by atoms with Crippen molar-refractivity contribution in [1.82, 2.24) is 0 Å². The summed E-state index contributed by atoms with van der Waals surface area (Å²) >= 11 is 0. The van der Waals surface area contributed by atoms with Crippen molar-refractivity contribution in [3.8, 4) is 0 Å². The van der Waals surface area contributed by atoms with Gasteiger partial charge in [0.15, 0.2) is 6.10 Å². The molecule has 0 aromatic heterocycles. The molecule has 0 fully saturated rings. The zero-order valence-corrected chi connectivity index (χ0v) is 14.8. The van der Waals surface area contributed by atoms with Gasteiger partial charge in [-0.15, -0.1) is 0 Å². The number of ether oxygens (including phenoxy) is 2. The summed E-state index contributed by atoms with van der Waals surface area (Å²) in [5.41, 5.74) is 1.82. The highest BCUT2D eigenvalue weighted by Gasteiger charge is 2.28. The first-order valence-corrected chi connectivity index (χ1v) is 8.50. The maximum absolute atomic E-state index is 12.0. The molecule has 0 bridgehead atoms. The van der Waals surface area contributed by atoms with E-state index in [-0.39, 0.29) is 6.61 Å². The van der Waals surface area contributed by atoms with E-state index in [4.69, 9.17) is 9.47 Å². The van der Waals surface area contributed by atoms with Crippen LogP contribution in [0.5, 0.6) is 0 Å². The number of hydrogen-bond donors (Lipinski definition) is 2. The lowest BCUT2D eigenvalue weighted by Crippen LogP contribution is -2.34. The first-order valence-electron chi connectivity index (χ1n) is 8.50. The van der Waals surface area contributed by atoms with E-state index >= 15 is 0 Å². The van der Waals surface area contributed by atoms with Gasteiger partial charge in [-0.2, -0.15) is 0 Å². The second-order valence-corrected chi connectivity index (χ2v) is 5.53. The normalized spacial score (nSPS) is 12.7. The molecule has 6 nitrogen and oxygen atoms in total. The third kappa shape index (κ3) is 5.07. The first-order chi connectivity index (χ1) is 12.6. The van der Waals surface area contributed by atoms with Crippen LogP contribution < -0.4 is 5.32 Å². The van der Waals surface area contributed by atoms with Crippen molar-refractivity contribution in [2.75, 3.05) is 18.5 Å². The molecule has 0 aliphatic rings. The highest BCUT2D eigenvalue weighted by atomic mass is 16.5. The van der Waals surface area contributed by atoms with Crippen molar-refractivity contribution < 1.29 is 24.2 Å². The summed E-state index contributed by atoms with van der Waals surface area (Å²) in [6.45, 7) is 3.92. The fourth-order valence-corrected chi connectivity index (χ4v) is 2.47. The molecule has 0 spiro atoms. The second kappa shape index (κ2) is 9.58. The first kappa shape index (κ1) is 19.5. The molecule has 2 atom stereocenters. The SMILES string of the molecule is CCOC(=O)c1ccc(N[C@H](c2ccccc2)[C@H](O)C(=O)OCC)cc1. The summed E-state index contributed by atoms with van der Waals surface area (Å²) in [6.07, 6.45) is -1.37. The van der Waals surface area contributed by atoms with E-state index in [2.05, 4.69) is 5.32 Å². The number of nitrogens with one attached hydrogen (secondary N) is 1. The minimum Gasteiger partial charge on any atom is -0.464 e. The lowest BCUT2D eigenvalue weighted by Gasteiger charge is -2.24. The van der Waals surface area contributed by atoms with E-state index in [1.807, 2.05) is 30.3 Å². The number of aliphatic hydroxyl groups is 1. The second-order valence-electron chi connectivity index (χ2n) is 5.53. The van der Waals surface area contributed by atoms with Crippen molar-refractivity contribution in [1.29, 1.82) is 0 Å². The van der Waals surface area contributed by atoms with Crippen molar-refractivity contribution in [3.05, 3.63) is 65.7 Å². The van der Waals surface area contributed by atoms with E-state index in [0.29, 0.717) is 17.9 Å². The van der Waals surface area contributed by atoms with Crippen molar-refractivity contribution in [2.45, 2.75) is 26.0 Å². The Labute approximate surface area is 152 Å². The average molecular weight is 357 g/mol. The number of aliphatic hydroxyl groups excluding tert-OH is 1. The molecule has 0 amide bonds. The van der Waals surface area contributed by atoms with Gasteiger partial charge < -0.3 is 19.9 Å². The Balaban J connectivity index is 2.21. The van der Waals surface area contributed by atoms with Crippen LogP contribution in [0.1, 0.15) is 35.8 Å². The lowest BCUT2D eigenvalue weighted by molar-refractivity contribution is -0.153. The van der Waals surface area contributed by atoms with Crippen LogP contribution in [0.25, 0.3) is 0 Å². The predicted molar refractivity (Wildman–Crippen MR) is 97.8 cm³/mol. The quantitative estimate of drug-likeness (QED) is 0.707. The summed E-state index contributed by atoms with van der Waals surface area (Å²) in [5, 5.41) is 13.6. The number of carbonyl (C=O) groups excluding carboxylic acids is 2. The highest BCUT2D eigenvalue weighted by molar-refractivity contribution is 5.89. The van der Waals surface area contributed by atoms with Crippen molar-refractivity contribution in [3.63, 3.8) is 0 Å². The molecule has 0 heterocycles. The molecule has 0 saturated heterocycles. The summed E-state index contributed by atoms with van der Waals surface area (Å²) in [5.74, 6) is -1.10. The molecular formula is C20H23NO5. The van der Waals surface area contributed by atoms with Gasteiger partial charge in [0.2, 0.25) is 0 Å². The number of anilines is 1. The van der Waals surface area contributed by atoms with Crippen molar-refractivity contribution in [2.24, 2.45) is 0 Å². The maximum atomic E-state index is 12.0. The third-order valence-electron chi connectivity index (χ3n) is 3.72. The molecule has 6 heteroatoms. The average Bonchev–Trinajstić information content (AvgIpc) is 2.67. The van der Waals surface area contributed by atoms with Crippen LogP contribution in [0.4, 0.5) is 5.69 Å². The Morgan fingerprint density at radius 3 is 2.15 bits per heavy atom. The molecule has 0 radical (unpaired) electrons. The summed E-state index contributed by atoms with van der Waals surface area (Å²) in [7, 11) is 0. The molecule has 0 aliphatic heterocycles. The molecule has 0 saturated carbocycles. The summed E-state index contributed by atoms with van der Waals surface area (Å²) in [6, 6.07) is 15.1. The Morgan fingerprint density at radius 2 is 1.58 bits per heavy atom. The highest BCUT2D eigenvalue weighted by Crippen LogP contribution is 2.24. The maximum Gasteiger partial charge on any atom is 0.338 e. The van der Waals surface area contributed by atoms with Crippen LogP contribution >= 0.6 is 0 Å². The fourth-order valence-electron chi connectivity index (χ4n) is 2.47. The molecule has 2 N–H and O–H groups in total. The molecule has 2 rings (SSSR count). The Hall–Kier alpha value is -2.86. The van der Waals surface area contributed by atoms with E-state index in [1.54, 1.807) is 38.1 Å². The van der Waals surface area contributed by atoms with Crippen LogP contribution in [0.15, 0.2) is 54.6 Å². The van der Waals surface area contributed by atoms with Gasteiger partial charge in [0, 0.05) is 5.69 Å².